The second-order valence-corrected chi connectivity index (χ2v) is 6.84. The number of amides is 1. The fourth-order valence-electron chi connectivity index (χ4n) is 3.10. The Morgan fingerprint density at radius 1 is 1.12 bits per heavy atom. The van der Waals surface area contributed by atoms with E-state index in [2.05, 4.69) is 20.7 Å². The average Bonchev–Trinajstić information content (AvgIpc) is 3.26. The first kappa shape index (κ1) is 20.7. The summed E-state index contributed by atoms with van der Waals surface area (Å²) in [5.41, 5.74) is 4.25. The van der Waals surface area contributed by atoms with Crippen molar-refractivity contribution in [1.82, 2.24) is 19.9 Å². The van der Waals surface area contributed by atoms with Crippen molar-refractivity contribution in [2.75, 3.05) is 11.1 Å². The zero-order valence-electron chi connectivity index (χ0n) is 16.3. The van der Waals surface area contributed by atoms with Crippen molar-refractivity contribution in [2.24, 2.45) is 0 Å². The predicted molar refractivity (Wildman–Crippen MR) is 111 cm³/mol. The van der Waals surface area contributed by atoms with Crippen LogP contribution in [-0.4, -0.2) is 31.6 Å². The topological polar surface area (TPSA) is 169 Å². The summed E-state index contributed by atoms with van der Waals surface area (Å²) in [4.78, 5) is 50.6. The highest BCUT2D eigenvalue weighted by molar-refractivity contribution is 5.95. The molecule has 0 atom stereocenters. The molecule has 0 saturated carbocycles. The molecule has 1 amide bonds. The van der Waals surface area contributed by atoms with Crippen LogP contribution in [0.1, 0.15) is 32.1 Å². The lowest BCUT2D eigenvalue weighted by Gasteiger charge is -2.12. The Balaban J connectivity index is 1.47. The first-order chi connectivity index (χ1) is 15.3. The third kappa shape index (κ3) is 3.64. The molecule has 0 radical (unpaired) electrons. The first-order valence-electron chi connectivity index (χ1n) is 9.22. The van der Waals surface area contributed by atoms with Gasteiger partial charge in [-0.2, -0.15) is 5.10 Å². The number of nitrogen functional groups attached to an aromatic ring is 1. The van der Waals surface area contributed by atoms with E-state index in [9.17, 15) is 28.7 Å². The molecule has 0 aliphatic carbocycles. The van der Waals surface area contributed by atoms with Gasteiger partial charge < -0.3 is 21.5 Å². The van der Waals surface area contributed by atoms with Crippen LogP contribution >= 0.6 is 0 Å². The smallest absolute Gasteiger partial charge is 0.354 e. The van der Waals surface area contributed by atoms with Crippen molar-refractivity contribution in [3.8, 4) is 0 Å². The van der Waals surface area contributed by atoms with E-state index >= 15 is 0 Å². The molecule has 0 bridgehead atoms. The highest BCUT2D eigenvalue weighted by Gasteiger charge is 2.19. The van der Waals surface area contributed by atoms with Crippen LogP contribution in [0.3, 0.4) is 0 Å². The molecule has 0 spiro atoms. The van der Waals surface area contributed by atoms with Crippen LogP contribution in [0, 0.1) is 5.82 Å². The fourth-order valence-corrected chi connectivity index (χ4v) is 3.10. The average molecular weight is 438 g/mol. The standard InChI is InChI=1S/C20H15FN6O5/c21-11-2-1-9(5-10(11)8-23-16-15(22)17(28)18(16)29)7-24-19(30)12-6-13(20(31)32)27-14(26-12)3-4-25-27/h1-6,23H,7-8,22H2,(H,24,30)(H,31,32). The molecule has 4 rings (SSSR count). The van der Waals surface area contributed by atoms with Crippen molar-refractivity contribution in [3.63, 3.8) is 0 Å². The number of carboxylic acids is 1. The minimum Gasteiger partial charge on any atom is -0.477 e. The lowest BCUT2D eigenvalue weighted by molar-refractivity contribution is 0.0687. The Bertz CT molecular complexity index is 1450. The number of carboxylic acid groups (broad SMARTS) is 1. The van der Waals surface area contributed by atoms with E-state index in [4.69, 9.17) is 5.73 Å². The molecule has 4 aromatic rings. The zero-order chi connectivity index (χ0) is 23.0. The third-order valence-electron chi connectivity index (χ3n) is 4.78. The van der Waals surface area contributed by atoms with Gasteiger partial charge in [-0.1, -0.05) is 6.07 Å². The Hall–Kier alpha value is -4.61. The number of halogens is 1. The van der Waals surface area contributed by atoms with Gasteiger partial charge in [-0.3, -0.25) is 14.4 Å². The van der Waals surface area contributed by atoms with E-state index in [1.54, 1.807) is 0 Å². The third-order valence-corrected chi connectivity index (χ3v) is 4.78. The molecule has 12 heteroatoms. The molecule has 11 nitrogen and oxygen atoms in total. The summed E-state index contributed by atoms with van der Waals surface area (Å²) in [6.45, 7) is -0.0903. The van der Waals surface area contributed by atoms with Gasteiger partial charge in [0, 0.05) is 30.8 Å². The van der Waals surface area contributed by atoms with Gasteiger partial charge in [0.25, 0.3) is 16.8 Å². The monoisotopic (exact) mass is 438 g/mol. The number of aromatic nitrogens is 3. The number of fused-ring (bicyclic) bond motifs is 1. The quantitative estimate of drug-likeness (QED) is 0.296. The van der Waals surface area contributed by atoms with Crippen LogP contribution in [0.15, 0.2) is 46.1 Å². The number of hydrogen-bond donors (Lipinski definition) is 4. The van der Waals surface area contributed by atoms with E-state index in [1.807, 2.05) is 0 Å². The molecule has 32 heavy (non-hydrogen) atoms. The van der Waals surface area contributed by atoms with Gasteiger partial charge >= 0.3 is 5.97 Å². The van der Waals surface area contributed by atoms with Crippen molar-refractivity contribution >= 4 is 28.9 Å². The van der Waals surface area contributed by atoms with Gasteiger partial charge in [0.05, 0.1) is 6.20 Å². The number of nitrogens with one attached hydrogen (secondary N) is 2. The molecular weight excluding hydrogens is 423 g/mol. The van der Waals surface area contributed by atoms with E-state index in [1.165, 1.54) is 30.5 Å². The number of rotatable bonds is 7. The van der Waals surface area contributed by atoms with Gasteiger partial charge in [-0.15, -0.1) is 0 Å². The maximum atomic E-state index is 14.1. The summed E-state index contributed by atoms with van der Waals surface area (Å²) in [6, 6.07) is 6.70. The lowest BCUT2D eigenvalue weighted by atomic mass is 10.1. The highest BCUT2D eigenvalue weighted by atomic mass is 19.1. The summed E-state index contributed by atoms with van der Waals surface area (Å²) >= 11 is 0. The van der Waals surface area contributed by atoms with Crippen molar-refractivity contribution in [1.29, 1.82) is 0 Å². The van der Waals surface area contributed by atoms with Crippen molar-refractivity contribution in [2.45, 2.75) is 13.1 Å². The Kier molecular flexibility index (Phi) is 5.10. The molecule has 2 aromatic heterocycles. The maximum Gasteiger partial charge on any atom is 0.354 e. The molecule has 0 aliphatic heterocycles. The van der Waals surface area contributed by atoms with E-state index in [-0.39, 0.29) is 47.1 Å². The van der Waals surface area contributed by atoms with Crippen molar-refractivity contribution < 1.29 is 19.1 Å². The number of carbonyl (C=O) groups is 2. The first-order valence-corrected chi connectivity index (χ1v) is 9.22. The molecule has 162 valence electrons. The fraction of sp³-hybridized carbons (Fsp3) is 0.100. The Labute approximate surface area is 178 Å². The molecule has 2 aromatic carbocycles. The minimum atomic E-state index is -1.27. The number of anilines is 2. The summed E-state index contributed by atoms with van der Waals surface area (Å²) < 4.78 is 15.2. The van der Waals surface area contributed by atoms with Gasteiger partial charge in [-0.05, 0) is 17.7 Å². The Morgan fingerprint density at radius 2 is 1.91 bits per heavy atom. The predicted octanol–water partition coefficient (Wildman–Crippen LogP) is 0.287. The number of aromatic carboxylic acids is 1. The normalized spacial score (nSPS) is 11.0. The van der Waals surface area contributed by atoms with Crippen molar-refractivity contribution in [3.05, 3.63) is 85.3 Å². The van der Waals surface area contributed by atoms with Gasteiger partial charge in [0.2, 0.25) is 0 Å². The molecule has 5 N–H and O–H groups in total. The molecule has 0 aliphatic rings. The maximum absolute atomic E-state index is 14.1. The lowest BCUT2D eigenvalue weighted by Crippen LogP contribution is -2.37. The number of carbonyl (C=O) groups excluding carboxylic acids is 1. The summed E-state index contributed by atoms with van der Waals surface area (Å²) in [5, 5.41) is 18.4. The SMILES string of the molecule is Nc1c(NCc2cc(CNC(=O)c3cc(C(=O)O)n4nccc4n3)ccc2F)c(=O)c1=O. The number of hydrogen-bond acceptors (Lipinski definition) is 8. The van der Waals surface area contributed by atoms with Crippen LogP contribution in [0.25, 0.3) is 5.65 Å². The highest BCUT2D eigenvalue weighted by Crippen LogP contribution is 2.15. The number of nitrogens with two attached hydrogens (primary N) is 1. The minimum absolute atomic E-state index is 0.00287. The largest absolute Gasteiger partial charge is 0.477 e. The summed E-state index contributed by atoms with van der Waals surface area (Å²) in [5.74, 6) is -2.45. The Morgan fingerprint density at radius 3 is 2.62 bits per heavy atom. The summed E-state index contributed by atoms with van der Waals surface area (Å²) in [7, 11) is 0. The molecule has 2 heterocycles. The molecular formula is C20H15FN6O5. The van der Waals surface area contributed by atoms with Crippen LogP contribution in [-0.2, 0) is 13.1 Å². The second kappa shape index (κ2) is 7.91. The van der Waals surface area contributed by atoms with E-state index in [0.717, 1.165) is 10.6 Å². The van der Waals surface area contributed by atoms with Crippen LogP contribution in [0.5, 0.6) is 0 Å². The summed E-state index contributed by atoms with van der Waals surface area (Å²) in [6.07, 6.45) is 1.36. The zero-order valence-corrected chi connectivity index (χ0v) is 16.3. The van der Waals surface area contributed by atoms with E-state index in [0.29, 0.717) is 5.56 Å². The second-order valence-electron chi connectivity index (χ2n) is 6.84. The van der Waals surface area contributed by atoms with Gasteiger partial charge in [0.15, 0.2) is 11.3 Å². The van der Waals surface area contributed by atoms with Gasteiger partial charge in [0.1, 0.15) is 22.9 Å². The van der Waals surface area contributed by atoms with Gasteiger partial charge in [-0.25, -0.2) is 18.7 Å². The molecule has 0 saturated heterocycles. The number of nitrogens with zero attached hydrogens (tertiary/aromatic N) is 3. The molecule has 0 fully saturated rings. The number of benzene rings is 1. The van der Waals surface area contributed by atoms with E-state index < -0.39 is 28.6 Å². The van der Waals surface area contributed by atoms with Crippen LogP contribution in [0.4, 0.5) is 15.8 Å². The van der Waals surface area contributed by atoms with Crippen LogP contribution in [0.2, 0.25) is 0 Å². The molecule has 0 unspecified atom stereocenters. The van der Waals surface area contributed by atoms with Crippen LogP contribution < -0.4 is 27.2 Å².